The predicted molar refractivity (Wildman–Crippen MR) is 115 cm³/mol. The number of rotatable bonds is 4. The molecule has 7 heteroatoms. The number of nitrogens with one attached hydrogen (secondary N) is 1. The molecule has 1 saturated heterocycles. The molecule has 4 rings (SSSR count). The van der Waals surface area contributed by atoms with Crippen molar-refractivity contribution >= 4 is 23.4 Å². The quantitative estimate of drug-likeness (QED) is 0.696. The lowest BCUT2D eigenvalue weighted by atomic mass is 10.0. The van der Waals surface area contributed by atoms with Crippen LogP contribution in [0, 0.1) is 0 Å². The van der Waals surface area contributed by atoms with Crippen molar-refractivity contribution in [1.29, 1.82) is 0 Å². The van der Waals surface area contributed by atoms with Gasteiger partial charge in [0.15, 0.2) is 0 Å². The van der Waals surface area contributed by atoms with Gasteiger partial charge in [-0.2, -0.15) is 0 Å². The molecular formula is C23H21ClN4O2. The Kier molecular flexibility index (Phi) is 6.05. The van der Waals surface area contributed by atoms with E-state index < -0.39 is 0 Å². The molecule has 0 bridgehead atoms. The van der Waals surface area contributed by atoms with E-state index in [0.29, 0.717) is 29.2 Å². The summed E-state index contributed by atoms with van der Waals surface area (Å²) in [5, 5.41) is 3.65. The van der Waals surface area contributed by atoms with E-state index in [0.717, 1.165) is 24.0 Å². The Hall–Kier alpha value is -3.25. The van der Waals surface area contributed by atoms with Crippen LogP contribution in [0.2, 0.25) is 5.02 Å². The molecule has 2 heterocycles. The number of aromatic nitrogens is 2. The van der Waals surface area contributed by atoms with Crippen LogP contribution in [0.15, 0.2) is 67.3 Å². The van der Waals surface area contributed by atoms with Crippen molar-refractivity contribution in [1.82, 2.24) is 20.2 Å². The summed E-state index contributed by atoms with van der Waals surface area (Å²) in [7, 11) is 0. The molecule has 0 atom stereocenters. The number of amides is 2. The average molecular weight is 421 g/mol. The van der Waals surface area contributed by atoms with Crippen LogP contribution >= 0.6 is 11.6 Å². The predicted octanol–water partition coefficient (Wildman–Crippen LogP) is 3.83. The Morgan fingerprint density at radius 3 is 2.10 bits per heavy atom. The minimum absolute atomic E-state index is 0.00772. The van der Waals surface area contributed by atoms with E-state index in [1.54, 1.807) is 36.7 Å². The van der Waals surface area contributed by atoms with Crippen molar-refractivity contribution in [3.63, 3.8) is 0 Å². The highest BCUT2D eigenvalue weighted by atomic mass is 35.5. The minimum atomic E-state index is -0.114. The summed E-state index contributed by atoms with van der Waals surface area (Å²) in [6.45, 7) is 1.22. The number of halogens is 1. The van der Waals surface area contributed by atoms with Gasteiger partial charge < -0.3 is 10.2 Å². The Morgan fingerprint density at radius 2 is 1.47 bits per heavy atom. The van der Waals surface area contributed by atoms with Gasteiger partial charge in [-0.05, 0) is 54.8 Å². The monoisotopic (exact) mass is 420 g/mol. The molecule has 1 N–H and O–H groups in total. The van der Waals surface area contributed by atoms with E-state index in [9.17, 15) is 9.59 Å². The first kappa shape index (κ1) is 20.0. The molecule has 0 aliphatic carbocycles. The van der Waals surface area contributed by atoms with Gasteiger partial charge in [-0.15, -0.1) is 0 Å². The molecule has 1 aliphatic rings. The number of hydrogen-bond donors (Lipinski definition) is 1. The molecule has 0 spiro atoms. The molecule has 1 aliphatic heterocycles. The molecule has 1 aromatic heterocycles. The second-order valence-corrected chi connectivity index (χ2v) is 7.69. The molecule has 0 radical (unpaired) electrons. The number of nitrogens with zero attached hydrogens (tertiary/aromatic N) is 3. The summed E-state index contributed by atoms with van der Waals surface area (Å²) >= 11 is 5.87. The normalized spacial score (nSPS) is 14.4. The zero-order valence-corrected chi connectivity index (χ0v) is 17.0. The molecule has 2 amide bonds. The van der Waals surface area contributed by atoms with Crippen molar-refractivity contribution in [2.24, 2.45) is 0 Å². The Balaban J connectivity index is 1.32. The topological polar surface area (TPSA) is 75.2 Å². The number of carbonyl (C=O) groups is 2. The lowest BCUT2D eigenvalue weighted by Crippen LogP contribution is -2.46. The molecule has 1 fully saturated rings. The molecule has 152 valence electrons. The van der Waals surface area contributed by atoms with Crippen LogP contribution in [0.1, 0.15) is 33.6 Å². The summed E-state index contributed by atoms with van der Waals surface area (Å²) in [6, 6.07) is 14.4. The molecule has 3 aromatic rings. The van der Waals surface area contributed by atoms with Crippen LogP contribution in [0.25, 0.3) is 11.1 Å². The summed E-state index contributed by atoms with van der Waals surface area (Å²) < 4.78 is 0. The van der Waals surface area contributed by atoms with E-state index in [2.05, 4.69) is 15.3 Å². The molecule has 2 aromatic carbocycles. The Labute approximate surface area is 179 Å². The van der Waals surface area contributed by atoms with Crippen molar-refractivity contribution in [3.05, 3.63) is 83.4 Å². The second kappa shape index (κ2) is 9.05. The maximum absolute atomic E-state index is 12.8. The number of piperidine rings is 1. The molecule has 0 unspecified atom stereocenters. The second-order valence-electron chi connectivity index (χ2n) is 7.25. The largest absolute Gasteiger partial charge is 0.349 e. The summed E-state index contributed by atoms with van der Waals surface area (Å²) in [4.78, 5) is 35.1. The van der Waals surface area contributed by atoms with E-state index in [-0.39, 0.29) is 17.9 Å². The Morgan fingerprint density at radius 1 is 0.867 bits per heavy atom. The molecule has 30 heavy (non-hydrogen) atoms. The van der Waals surface area contributed by atoms with Crippen LogP contribution in [0.5, 0.6) is 0 Å². The van der Waals surface area contributed by atoms with E-state index >= 15 is 0 Å². The van der Waals surface area contributed by atoms with Gasteiger partial charge in [0, 0.05) is 53.2 Å². The first-order valence-electron chi connectivity index (χ1n) is 9.81. The maximum atomic E-state index is 12.8. The van der Waals surface area contributed by atoms with E-state index in [4.69, 9.17) is 11.6 Å². The van der Waals surface area contributed by atoms with Gasteiger partial charge >= 0.3 is 0 Å². The van der Waals surface area contributed by atoms with Crippen molar-refractivity contribution < 1.29 is 9.59 Å². The van der Waals surface area contributed by atoms with Gasteiger partial charge in [-0.25, -0.2) is 9.97 Å². The average Bonchev–Trinajstić information content (AvgIpc) is 2.80. The fourth-order valence-corrected chi connectivity index (χ4v) is 3.66. The molecule has 6 nitrogen and oxygen atoms in total. The number of carbonyl (C=O) groups excluding carboxylic acids is 2. The highest BCUT2D eigenvalue weighted by Crippen LogP contribution is 2.20. The number of hydrogen-bond acceptors (Lipinski definition) is 4. The summed E-state index contributed by atoms with van der Waals surface area (Å²) in [5.74, 6) is -0.106. The SMILES string of the molecule is O=C(NC1CCN(C(=O)c2ccc(-c3cncnc3)cc2)CC1)c1ccc(Cl)cc1. The standard InChI is InChI=1S/C23H21ClN4O2/c24-20-7-5-17(6-8-20)22(29)27-21-9-11-28(12-10-21)23(30)18-3-1-16(2-4-18)19-13-25-15-26-14-19/h1-8,13-15,21H,9-12H2,(H,27,29). The van der Waals surface area contributed by atoms with E-state index in [1.165, 1.54) is 6.33 Å². The maximum Gasteiger partial charge on any atom is 0.253 e. The zero-order chi connectivity index (χ0) is 20.9. The number of likely N-dealkylation sites (tertiary alicyclic amines) is 1. The van der Waals surface area contributed by atoms with Crippen molar-refractivity contribution in [3.8, 4) is 11.1 Å². The van der Waals surface area contributed by atoms with Gasteiger partial charge in [0.2, 0.25) is 0 Å². The van der Waals surface area contributed by atoms with Gasteiger partial charge in [0.25, 0.3) is 11.8 Å². The zero-order valence-electron chi connectivity index (χ0n) is 16.3. The minimum Gasteiger partial charge on any atom is -0.349 e. The van der Waals surface area contributed by atoms with Crippen LogP contribution in [-0.4, -0.2) is 45.8 Å². The van der Waals surface area contributed by atoms with Gasteiger partial charge in [-0.1, -0.05) is 23.7 Å². The highest BCUT2D eigenvalue weighted by Gasteiger charge is 2.25. The van der Waals surface area contributed by atoms with E-state index in [1.807, 2.05) is 29.2 Å². The lowest BCUT2D eigenvalue weighted by molar-refractivity contribution is 0.0698. The third-order valence-electron chi connectivity index (χ3n) is 5.25. The van der Waals surface area contributed by atoms with Crippen LogP contribution in [-0.2, 0) is 0 Å². The lowest BCUT2D eigenvalue weighted by Gasteiger charge is -2.32. The van der Waals surface area contributed by atoms with Gasteiger partial charge in [0.05, 0.1) is 0 Å². The third kappa shape index (κ3) is 4.66. The highest BCUT2D eigenvalue weighted by molar-refractivity contribution is 6.30. The fraction of sp³-hybridized carbons (Fsp3) is 0.217. The van der Waals surface area contributed by atoms with Gasteiger partial charge in [0.1, 0.15) is 6.33 Å². The summed E-state index contributed by atoms with van der Waals surface area (Å²) in [6.07, 6.45) is 6.43. The van der Waals surface area contributed by atoms with Gasteiger partial charge in [-0.3, -0.25) is 9.59 Å². The summed E-state index contributed by atoms with van der Waals surface area (Å²) in [5.41, 5.74) is 3.12. The molecule has 0 saturated carbocycles. The van der Waals surface area contributed by atoms with Crippen LogP contribution in [0.3, 0.4) is 0 Å². The van der Waals surface area contributed by atoms with Crippen LogP contribution < -0.4 is 5.32 Å². The smallest absolute Gasteiger partial charge is 0.253 e. The molecular weight excluding hydrogens is 400 g/mol. The third-order valence-corrected chi connectivity index (χ3v) is 5.50. The first-order chi connectivity index (χ1) is 14.6. The first-order valence-corrected chi connectivity index (χ1v) is 10.2. The van der Waals surface area contributed by atoms with Crippen LogP contribution in [0.4, 0.5) is 0 Å². The van der Waals surface area contributed by atoms with Crippen molar-refractivity contribution in [2.75, 3.05) is 13.1 Å². The number of benzene rings is 2. The fourth-order valence-electron chi connectivity index (χ4n) is 3.53. The Bertz CT molecular complexity index is 1020. The van der Waals surface area contributed by atoms with Crippen molar-refractivity contribution in [2.45, 2.75) is 18.9 Å².